The van der Waals surface area contributed by atoms with E-state index in [-0.39, 0.29) is 0 Å². The van der Waals surface area contributed by atoms with Gasteiger partial charge in [-0.2, -0.15) is 0 Å². The predicted molar refractivity (Wildman–Crippen MR) is 71.4 cm³/mol. The highest BCUT2D eigenvalue weighted by Crippen LogP contribution is 2.13. The normalized spacial score (nSPS) is 10.7. The van der Waals surface area contributed by atoms with Crippen LogP contribution in [0.2, 0.25) is 5.02 Å². The topological polar surface area (TPSA) is 17.8 Å². The summed E-state index contributed by atoms with van der Waals surface area (Å²) in [6.07, 6.45) is 7.04. The Morgan fingerprint density at radius 1 is 1.29 bits per heavy atom. The van der Waals surface area contributed by atoms with Gasteiger partial charge in [-0.25, -0.2) is 4.98 Å². The molecule has 0 N–H and O–H groups in total. The molecule has 0 atom stereocenters. The van der Waals surface area contributed by atoms with E-state index in [9.17, 15) is 0 Å². The maximum atomic E-state index is 5.97. The van der Waals surface area contributed by atoms with E-state index < -0.39 is 0 Å². The number of aryl methyl sites for hydroxylation is 3. The predicted octanol–water partition coefficient (Wildman–Crippen LogP) is 3.73. The maximum Gasteiger partial charge on any atom is 0.0948 e. The first-order chi connectivity index (χ1) is 8.29. The van der Waals surface area contributed by atoms with Gasteiger partial charge in [0.15, 0.2) is 0 Å². The van der Waals surface area contributed by atoms with Crippen LogP contribution in [0.15, 0.2) is 36.8 Å². The monoisotopic (exact) mass is 248 g/mol. The second-order valence-electron chi connectivity index (χ2n) is 4.21. The number of benzene rings is 1. The Labute approximate surface area is 107 Å². The molecule has 17 heavy (non-hydrogen) atoms. The van der Waals surface area contributed by atoms with Gasteiger partial charge in [-0.3, -0.25) is 0 Å². The molecule has 0 spiro atoms. The fourth-order valence-electron chi connectivity index (χ4n) is 1.96. The Kier molecular flexibility index (Phi) is 4.21. The lowest BCUT2D eigenvalue weighted by Crippen LogP contribution is -2.02. The number of halogens is 1. The number of aromatic nitrogens is 2. The van der Waals surface area contributed by atoms with Crippen LogP contribution in [-0.2, 0) is 19.4 Å². The fraction of sp³-hybridized carbons (Fsp3) is 0.357. The molecule has 0 aliphatic carbocycles. The molecule has 2 nitrogen and oxygen atoms in total. The van der Waals surface area contributed by atoms with Gasteiger partial charge >= 0.3 is 0 Å². The van der Waals surface area contributed by atoms with E-state index in [1.54, 1.807) is 0 Å². The smallest absolute Gasteiger partial charge is 0.0948 e. The zero-order valence-electron chi connectivity index (χ0n) is 10.1. The molecule has 0 aliphatic heterocycles. The van der Waals surface area contributed by atoms with Gasteiger partial charge in [0.1, 0.15) is 0 Å². The molecule has 0 bridgehead atoms. The van der Waals surface area contributed by atoms with Crippen molar-refractivity contribution in [2.75, 3.05) is 0 Å². The molecule has 0 radical (unpaired) electrons. The van der Waals surface area contributed by atoms with E-state index in [4.69, 9.17) is 11.6 Å². The quantitative estimate of drug-likeness (QED) is 0.788. The van der Waals surface area contributed by atoms with Crippen LogP contribution in [0.4, 0.5) is 0 Å². The second-order valence-corrected chi connectivity index (χ2v) is 4.64. The third kappa shape index (κ3) is 3.34. The molecule has 90 valence electrons. The van der Waals surface area contributed by atoms with Gasteiger partial charge in [0.05, 0.1) is 6.33 Å². The van der Waals surface area contributed by atoms with E-state index in [2.05, 4.69) is 22.5 Å². The average molecular weight is 249 g/mol. The van der Waals surface area contributed by atoms with Crippen LogP contribution in [0.1, 0.15) is 24.6 Å². The van der Waals surface area contributed by atoms with Crippen molar-refractivity contribution in [3.63, 3.8) is 0 Å². The molecule has 0 fully saturated rings. The van der Waals surface area contributed by atoms with Crippen LogP contribution in [0, 0.1) is 0 Å². The van der Waals surface area contributed by atoms with Crippen molar-refractivity contribution >= 4 is 11.6 Å². The molecule has 0 aliphatic rings. The van der Waals surface area contributed by atoms with Crippen LogP contribution in [0.25, 0.3) is 0 Å². The second kappa shape index (κ2) is 5.87. The Balaban J connectivity index is 1.99. The van der Waals surface area contributed by atoms with Crippen LogP contribution >= 0.6 is 11.6 Å². The number of hydrogen-bond donors (Lipinski definition) is 0. The van der Waals surface area contributed by atoms with E-state index >= 15 is 0 Å². The lowest BCUT2D eigenvalue weighted by atomic mass is 10.1. The van der Waals surface area contributed by atoms with Crippen LogP contribution < -0.4 is 0 Å². The minimum atomic E-state index is 0.810. The van der Waals surface area contributed by atoms with Gasteiger partial charge in [0, 0.05) is 23.5 Å². The van der Waals surface area contributed by atoms with Gasteiger partial charge in [-0.05, 0) is 37.0 Å². The molecule has 0 unspecified atom stereocenters. The molecular weight excluding hydrogens is 232 g/mol. The van der Waals surface area contributed by atoms with E-state index in [0.29, 0.717) is 0 Å². The summed E-state index contributed by atoms with van der Waals surface area (Å²) in [5.41, 5.74) is 2.58. The molecule has 0 saturated carbocycles. The van der Waals surface area contributed by atoms with Gasteiger partial charge in [-0.15, -0.1) is 0 Å². The molecular formula is C14H17ClN2. The SMILES string of the molecule is CCCn1cncc1CCc1cccc(Cl)c1. The van der Waals surface area contributed by atoms with Crippen molar-refractivity contribution in [2.45, 2.75) is 32.7 Å². The molecule has 2 aromatic rings. The minimum Gasteiger partial charge on any atom is -0.335 e. The number of nitrogens with zero attached hydrogens (tertiary/aromatic N) is 2. The van der Waals surface area contributed by atoms with Crippen molar-refractivity contribution in [3.8, 4) is 0 Å². The first-order valence-corrected chi connectivity index (χ1v) is 6.41. The van der Waals surface area contributed by atoms with Crippen molar-refractivity contribution in [2.24, 2.45) is 0 Å². The van der Waals surface area contributed by atoms with Gasteiger partial charge in [0.25, 0.3) is 0 Å². The fourth-order valence-corrected chi connectivity index (χ4v) is 2.18. The molecule has 1 aromatic heterocycles. The van der Waals surface area contributed by atoms with Crippen LogP contribution in [0.3, 0.4) is 0 Å². The highest BCUT2D eigenvalue weighted by atomic mass is 35.5. The summed E-state index contributed by atoms with van der Waals surface area (Å²) in [7, 11) is 0. The summed E-state index contributed by atoms with van der Waals surface area (Å²) in [4.78, 5) is 4.21. The van der Waals surface area contributed by atoms with Crippen molar-refractivity contribution < 1.29 is 0 Å². The molecule has 2 rings (SSSR count). The lowest BCUT2D eigenvalue weighted by Gasteiger charge is -2.06. The molecule has 0 amide bonds. The van der Waals surface area contributed by atoms with Gasteiger partial charge in [-0.1, -0.05) is 30.7 Å². The first kappa shape index (κ1) is 12.2. The Bertz CT molecular complexity index is 477. The van der Waals surface area contributed by atoms with Gasteiger partial charge in [0.2, 0.25) is 0 Å². The Morgan fingerprint density at radius 2 is 2.18 bits per heavy atom. The molecule has 0 saturated heterocycles. The van der Waals surface area contributed by atoms with Crippen molar-refractivity contribution in [1.29, 1.82) is 0 Å². The zero-order chi connectivity index (χ0) is 12.1. The molecule has 1 heterocycles. The standard InChI is InChI=1S/C14H17ClN2/c1-2-8-17-11-16-10-14(17)7-6-12-4-3-5-13(15)9-12/h3-5,9-11H,2,6-8H2,1H3. The number of imidazole rings is 1. The van der Waals surface area contributed by atoms with E-state index in [1.807, 2.05) is 30.7 Å². The third-order valence-corrected chi connectivity index (χ3v) is 3.06. The summed E-state index contributed by atoms with van der Waals surface area (Å²) in [5.74, 6) is 0. The average Bonchev–Trinajstić information content (AvgIpc) is 2.75. The largest absolute Gasteiger partial charge is 0.335 e. The summed E-state index contributed by atoms with van der Waals surface area (Å²) in [6.45, 7) is 3.23. The summed E-state index contributed by atoms with van der Waals surface area (Å²) < 4.78 is 2.23. The Hall–Kier alpha value is -1.28. The van der Waals surface area contributed by atoms with Crippen LogP contribution in [0.5, 0.6) is 0 Å². The highest BCUT2D eigenvalue weighted by molar-refractivity contribution is 6.30. The zero-order valence-corrected chi connectivity index (χ0v) is 10.8. The first-order valence-electron chi connectivity index (χ1n) is 6.03. The summed E-state index contributed by atoms with van der Waals surface area (Å²) >= 11 is 5.97. The Morgan fingerprint density at radius 3 is 2.94 bits per heavy atom. The van der Waals surface area contributed by atoms with Crippen LogP contribution in [-0.4, -0.2) is 9.55 Å². The molecule has 1 aromatic carbocycles. The van der Waals surface area contributed by atoms with Gasteiger partial charge < -0.3 is 4.57 Å². The summed E-state index contributed by atoms with van der Waals surface area (Å²) in [5, 5.41) is 0.810. The lowest BCUT2D eigenvalue weighted by molar-refractivity contribution is 0.642. The molecule has 3 heteroatoms. The van der Waals surface area contributed by atoms with Crippen molar-refractivity contribution in [3.05, 3.63) is 53.1 Å². The number of hydrogen-bond acceptors (Lipinski definition) is 1. The van der Waals surface area contributed by atoms with Crippen molar-refractivity contribution in [1.82, 2.24) is 9.55 Å². The third-order valence-electron chi connectivity index (χ3n) is 2.82. The minimum absolute atomic E-state index is 0.810. The maximum absolute atomic E-state index is 5.97. The summed E-state index contributed by atoms with van der Waals surface area (Å²) in [6, 6.07) is 8.06. The van der Waals surface area contributed by atoms with E-state index in [0.717, 1.165) is 30.8 Å². The highest BCUT2D eigenvalue weighted by Gasteiger charge is 2.02. The number of rotatable bonds is 5. The van der Waals surface area contributed by atoms with E-state index in [1.165, 1.54) is 11.3 Å².